The quantitative estimate of drug-likeness (QED) is 0.543. The van der Waals surface area contributed by atoms with E-state index in [1.807, 2.05) is 0 Å². The molecule has 1 aliphatic carbocycles. The average Bonchev–Trinajstić information content (AvgIpc) is 1.57. The summed E-state index contributed by atoms with van der Waals surface area (Å²) in [7, 11) is 0. The van der Waals surface area contributed by atoms with Crippen LogP contribution in [0.25, 0.3) is 0 Å². The number of aliphatic hydroxyl groups is 1. The summed E-state index contributed by atoms with van der Waals surface area (Å²) in [6, 6.07) is 0. The van der Waals surface area contributed by atoms with Gasteiger partial charge < -0.3 is 5.11 Å². The molecule has 1 aliphatic rings. The molecule has 0 aromatic heterocycles. The summed E-state index contributed by atoms with van der Waals surface area (Å²) < 4.78 is 34.7. The van der Waals surface area contributed by atoms with Gasteiger partial charge in [0, 0.05) is 0 Å². The molecule has 0 amide bonds. The Morgan fingerprint density at radius 1 is 1.44 bits per heavy atom. The van der Waals surface area contributed by atoms with Crippen LogP contribution in [0.4, 0.5) is 13.2 Å². The average molecular weight is 139 g/mol. The van der Waals surface area contributed by atoms with Gasteiger partial charge in [0.25, 0.3) is 0 Å². The number of hydrogen-bond acceptors (Lipinski definition) is 1. The Morgan fingerprint density at radius 3 is 2.00 bits per heavy atom. The van der Waals surface area contributed by atoms with Crippen LogP contribution in [-0.2, 0) is 0 Å². The summed E-state index contributed by atoms with van der Waals surface area (Å²) in [5.41, 5.74) is 0. The van der Waals surface area contributed by atoms with E-state index >= 15 is 0 Å². The SMILES string of the molecule is O[C]1CCC1C(F)(F)F. The normalized spacial score (nSPS) is 30.0. The molecule has 0 aromatic rings. The van der Waals surface area contributed by atoms with Crippen LogP contribution in [0.2, 0.25) is 0 Å². The fourth-order valence-corrected chi connectivity index (χ4v) is 0.770. The molecule has 0 spiro atoms. The fraction of sp³-hybridized carbons (Fsp3) is 0.800. The van der Waals surface area contributed by atoms with E-state index in [9.17, 15) is 13.2 Å². The Morgan fingerprint density at radius 2 is 2.00 bits per heavy atom. The van der Waals surface area contributed by atoms with Gasteiger partial charge in [0.2, 0.25) is 0 Å². The van der Waals surface area contributed by atoms with Crippen molar-refractivity contribution in [2.45, 2.75) is 19.0 Å². The second-order valence-electron chi connectivity index (χ2n) is 2.12. The Bertz CT molecular complexity index is 109. The van der Waals surface area contributed by atoms with Crippen LogP contribution >= 0.6 is 0 Å². The zero-order chi connectivity index (χ0) is 7.07. The maximum atomic E-state index is 11.6. The Labute approximate surface area is 50.5 Å². The molecule has 1 radical (unpaired) electrons. The van der Waals surface area contributed by atoms with Gasteiger partial charge in [-0.05, 0) is 12.8 Å². The zero-order valence-electron chi connectivity index (χ0n) is 4.57. The molecular weight excluding hydrogens is 133 g/mol. The molecule has 0 heterocycles. The van der Waals surface area contributed by atoms with Crippen molar-refractivity contribution in [2.24, 2.45) is 5.92 Å². The van der Waals surface area contributed by atoms with E-state index in [4.69, 9.17) is 5.11 Å². The third-order valence-electron chi connectivity index (χ3n) is 1.49. The second-order valence-corrected chi connectivity index (χ2v) is 2.12. The molecular formula is C5H6F3O. The van der Waals surface area contributed by atoms with Crippen molar-refractivity contribution in [3.05, 3.63) is 6.10 Å². The molecule has 1 rings (SSSR count). The van der Waals surface area contributed by atoms with Gasteiger partial charge in [-0.25, -0.2) is 0 Å². The van der Waals surface area contributed by atoms with E-state index < -0.39 is 18.2 Å². The van der Waals surface area contributed by atoms with Crippen LogP contribution < -0.4 is 0 Å². The molecule has 0 saturated heterocycles. The zero-order valence-corrected chi connectivity index (χ0v) is 4.57. The standard InChI is InChI=1S/C5H6F3O/c6-5(7,8)3-1-2-4(3)9/h3,9H,1-2H2. The lowest BCUT2D eigenvalue weighted by molar-refractivity contribution is -0.201. The first-order chi connectivity index (χ1) is 4.02. The number of alkyl halides is 3. The van der Waals surface area contributed by atoms with Gasteiger partial charge in [0.1, 0.15) is 6.10 Å². The van der Waals surface area contributed by atoms with Gasteiger partial charge in [0.05, 0.1) is 5.92 Å². The molecule has 9 heavy (non-hydrogen) atoms. The fourth-order valence-electron chi connectivity index (χ4n) is 0.770. The summed E-state index contributed by atoms with van der Waals surface area (Å²) in [6.07, 6.45) is -4.37. The maximum Gasteiger partial charge on any atom is 0.394 e. The topological polar surface area (TPSA) is 20.2 Å². The Kier molecular flexibility index (Phi) is 1.42. The largest absolute Gasteiger partial charge is 0.394 e. The minimum atomic E-state index is -4.22. The molecule has 53 valence electrons. The van der Waals surface area contributed by atoms with Crippen molar-refractivity contribution in [2.75, 3.05) is 0 Å². The highest BCUT2D eigenvalue weighted by molar-refractivity contribution is 4.99. The van der Waals surface area contributed by atoms with Gasteiger partial charge in [0.15, 0.2) is 0 Å². The van der Waals surface area contributed by atoms with Crippen LogP contribution in [0.5, 0.6) is 0 Å². The summed E-state index contributed by atoms with van der Waals surface area (Å²) in [4.78, 5) is 0. The van der Waals surface area contributed by atoms with E-state index in [-0.39, 0.29) is 12.8 Å². The lowest BCUT2D eigenvalue weighted by Crippen LogP contribution is -2.36. The molecule has 0 aliphatic heterocycles. The molecule has 1 nitrogen and oxygen atoms in total. The Hall–Kier alpha value is -0.250. The molecule has 1 fully saturated rings. The summed E-state index contributed by atoms with van der Waals surface area (Å²) in [6.45, 7) is 0. The number of hydrogen-bond donors (Lipinski definition) is 1. The Balaban J connectivity index is 2.44. The van der Waals surface area contributed by atoms with Crippen LogP contribution in [0.3, 0.4) is 0 Å². The molecule has 0 bridgehead atoms. The van der Waals surface area contributed by atoms with E-state index in [1.54, 1.807) is 0 Å². The van der Waals surface area contributed by atoms with Gasteiger partial charge in [-0.2, -0.15) is 13.2 Å². The first-order valence-electron chi connectivity index (χ1n) is 2.63. The van der Waals surface area contributed by atoms with Gasteiger partial charge >= 0.3 is 6.18 Å². The third-order valence-corrected chi connectivity index (χ3v) is 1.49. The molecule has 1 atom stereocenters. The minimum absolute atomic E-state index is 0.0509. The van der Waals surface area contributed by atoms with Crippen LogP contribution in [-0.4, -0.2) is 11.3 Å². The molecule has 4 heteroatoms. The molecule has 1 N–H and O–H groups in total. The summed E-state index contributed by atoms with van der Waals surface area (Å²) in [5.74, 6) is -1.53. The van der Waals surface area contributed by atoms with Crippen molar-refractivity contribution < 1.29 is 18.3 Å². The number of halogens is 3. The first-order valence-corrected chi connectivity index (χ1v) is 2.63. The third kappa shape index (κ3) is 1.18. The number of rotatable bonds is 0. The monoisotopic (exact) mass is 139 g/mol. The molecule has 1 saturated carbocycles. The summed E-state index contributed by atoms with van der Waals surface area (Å²) >= 11 is 0. The second kappa shape index (κ2) is 1.87. The maximum absolute atomic E-state index is 11.6. The summed E-state index contributed by atoms with van der Waals surface area (Å²) in [5, 5.41) is 8.44. The van der Waals surface area contributed by atoms with Crippen LogP contribution in [0, 0.1) is 12.0 Å². The number of aliphatic hydroxyl groups excluding tert-OH is 1. The van der Waals surface area contributed by atoms with E-state index in [0.717, 1.165) is 0 Å². The smallest absolute Gasteiger partial charge is 0.386 e. The van der Waals surface area contributed by atoms with Crippen LogP contribution in [0.15, 0.2) is 0 Å². The van der Waals surface area contributed by atoms with Gasteiger partial charge in [-0.1, -0.05) is 0 Å². The highest BCUT2D eigenvalue weighted by atomic mass is 19.4. The molecule has 0 aromatic carbocycles. The van der Waals surface area contributed by atoms with E-state index in [0.29, 0.717) is 0 Å². The van der Waals surface area contributed by atoms with Gasteiger partial charge in [-0.3, -0.25) is 0 Å². The lowest BCUT2D eigenvalue weighted by atomic mass is 9.82. The van der Waals surface area contributed by atoms with E-state index in [1.165, 1.54) is 0 Å². The van der Waals surface area contributed by atoms with Crippen molar-refractivity contribution in [1.29, 1.82) is 0 Å². The van der Waals surface area contributed by atoms with Crippen molar-refractivity contribution >= 4 is 0 Å². The van der Waals surface area contributed by atoms with Crippen molar-refractivity contribution in [3.63, 3.8) is 0 Å². The van der Waals surface area contributed by atoms with Crippen molar-refractivity contribution in [3.8, 4) is 0 Å². The van der Waals surface area contributed by atoms with Crippen LogP contribution in [0.1, 0.15) is 12.8 Å². The van der Waals surface area contributed by atoms with Crippen molar-refractivity contribution in [1.82, 2.24) is 0 Å². The van der Waals surface area contributed by atoms with E-state index in [2.05, 4.69) is 0 Å². The van der Waals surface area contributed by atoms with Gasteiger partial charge in [-0.15, -0.1) is 0 Å². The molecule has 1 unspecified atom stereocenters. The minimum Gasteiger partial charge on any atom is -0.386 e. The first kappa shape index (κ1) is 6.86. The highest BCUT2D eigenvalue weighted by Crippen LogP contribution is 2.45. The predicted molar refractivity (Wildman–Crippen MR) is 24.0 cm³/mol. The predicted octanol–water partition coefficient (Wildman–Crippen LogP) is 1.86. The highest BCUT2D eigenvalue weighted by Gasteiger charge is 2.49. The lowest BCUT2D eigenvalue weighted by Gasteiger charge is -2.32.